The summed E-state index contributed by atoms with van der Waals surface area (Å²) in [5.41, 5.74) is 1.47. The van der Waals surface area contributed by atoms with Gasteiger partial charge in [0.2, 0.25) is 0 Å². The molecule has 1 fully saturated rings. The minimum atomic E-state index is 0.561. The standard InChI is InChI=1S/C16H25NS/c1-3-17-16(13-7-5-4-6-8-13)14-9-11-15(18-2)12-10-14/h9-13,16-17H,3-8H2,1-2H3. The molecular weight excluding hydrogens is 238 g/mol. The van der Waals surface area contributed by atoms with E-state index in [0.717, 1.165) is 12.5 Å². The van der Waals surface area contributed by atoms with E-state index in [2.05, 4.69) is 42.8 Å². The Morgan fingerprint density at radius 2 is 1.83 bits per heavy atom. The van der Waals surface area contributed by atoms with Gasteiger partial charge in [-0.05, 0) is 49.3 Å². The van der Waals surface area contributed by atoms with E-state index in [1.165, 1.54) is 42.6 Å². The Hall–Kier alpha value is -0.470. The Balaban J connectivity index is 2.11. The fraction of sp³-hybridized carbons (Fsp3) is 0.625. The second-order valence-corrected chi connectivity index (χ2v) is 6.09. The molecule has 1 aromatic carbocycles. The lowest BCUT2D eigenvalue weighted by atomic mass is 9.81. The van der Waals surface area contributed by atoms with Crippen molar-refractivity contribution in [3.05, 3.63) is 29.8 Å². The van der Waals surface area contributed by atoms with Crippen LogP contribution in [0.25, 0.3) is 0 Å². The van der Waals surface area contributed by atoms with Crippen LogP contribution in [-0.2, 0) is 0 Å². The maximum atomic E-state index is 3.70. The van der Waals surface area contributed by atoms with Crippen LogP contribution in [0.4, 0.5) is 0 Å². The third-order valence-corrected chi connectivity index (χ3v) is 4.76. The molecule has 1 aliphatic rings. The van der Waals surface area contributed by atoms with E-state index in [4.69, 9.17) is 0 Å². The van der Waals surface area contributed by atoms with Crippen LogP contribution >= 0.6 is 11.8 Å². The highest BCUT2D eigenvalue weighted by molar-refractivity contribution is 7.98. The van der Waals surface area contributed by atoms with Crippen LogP contribution in [-0.4, -0.2) is 12.8 Å². The van der Waals surface area contributed by atoms with E-state index in [1.807, 2.05) is 11.8 Å². The maximum Gasteiger partial charge on any atom is 0.0348 e. The number of nitrogens with one attached hydrogen (secondary N) is 1. The average Bonchev–Trinajstić information content (AvgIpc) is 2.46. The molecule has 0 amide bonds. The van der Waals surface area contributed by atoms with Crippen LogP contribution in [0.5, 0.6) is 0 Å². The molecule has 1 unspecified atom stereocenters. The zero-order chi connectivity index (χ0) is 12.8. The highest BCUT2D eigenvalue weighted by atomic mass is 32.2. The molecule has 0 spiro atoms. The summed E-state index contributed by atoms with van der Waals surface area (Å²) in [4.78, 5) is 1.36. The summed E-state index contributed by atoms with van der Waals surface area (Å²) in [7, 11) is 0. The van der Waals surface area contributed by atoms with E-state index in [9.17, 15) is 0 Å². The van der Waals surface area contributed by atoms with Gasteiger partial charge in [-0.3, -0.25) is 0 Å². The van der Waals surface area contributed by atoms with Crippen LogP contribution in [0.1, 0.15) is 50.6 Å². The summed E-state index contributed by atoms with van der Waals surface area (Å²) in [5.74, 6) is 0.832. The minimum absolute atomic E-state index is 0.561. The molecule has 1 aliphatic carbocycles. The second kappa shape index (κ2) is 7.20. The quantitative estimate of drug-likeness (QED) is 0.777. The van der Waals surface area contributed by atoms with Crippen molar-refractivity contribution in [1.82, 2.24) is 5.32 Å². The average molecular weight is 263 g/mol. The number of benzene rings is 1. The zero-order valence-electron chi connectivity index (χ0n) is 11.6. The number of rotatable bonds is 5. The topological polar surface area (TPSA) is 12.0 Å². The summed E-state index contributed by atoms with van der Waals surface area (Å²) in [6.45, 7) is 3.28. The third kappa shape index (κ3) is 3.52. The number of hydrogen-bond donors (Lipinski definition) is 1. The van der Waals surface area contributed by atoms with Crippen LogP contribution in [0.2, 0.25) is 0 Å². The molecule has 1 saturated carbocycles. The molecule has 1 atom stereocenters. The van der Waals surface area contributed by atoms with Crippen LogP contribution in [0, 0.1) is 5.92 Å². The van der Waals surface area contributed by atoms with E-state index in [0.29, 0.717) is 6.04 Å². The lowest BCUT2D eigenvalue weighted by Gasteiger charge is -2.31. The highest BCUT2D eigenvalue weighted by Crippen LogP contribution is 2.34. The van der Waals surface area contributed by atoms with Gasteiger partial charge in [0.05, 0.1) is 0 Å². The molecule has 0 aliphatic heterocycles. The summed E-state index contributed by atoms with van der Waals surface area (Å²) in [6, 6.07) is 9.70. The zero-order valence-corrected chi connectivity index (χ0v) is 12.4. The fourth-order valence-electron chi connectivity index (χ4n) is 3.06. The number of hydrogen-bond acceptors (Lipinski definition) is 2. The monoisotopic (exact) mass is 263 g/mol. The first-order chi connectivity index (χ1) is 8.85. The largest absolute Gasteiger partial charge is 0.310 e. The van der Waals surface area contributed by atoms with Gasteiger partial charge in [0.25, 0.3) is 0 Å². The van der Waals surface area contributed by atoms with Gasteiger partial charge in [0.1, 0.15) is 0 Å². The van der Waals surface area contributed by atoms with Gasteiger partial charge in [-0.15, -0.1) is 11.8 Å². The van der Waals surface area contributed by atoms with Crippen molar-refractivity contribution in [2.24, 2.45) is 5.92 Å². The van der Waals surface area contributed by atoms with Gasteiger partial charge in [-0.2, -0.15) is 0 Å². The minimum Gasteiger partial charge on any atom is -0.310 e. The lowest BCUT2D eigenvalue weighted by molar-refractivity contribution is 0.274. The Morgan fingerprint density at radius 3 is 2.39 bits per heavy atom. The molecule has 1 N–H and O–H groups in total. The molecule has 2 rings (SSSR count). The molecule has 1 nitrogen and oxygen atoms in total. The fourth-order valence-corrected chi connectivity index (χ4v) is 3.46. The van der Waals surface area contributed by atoms with Crippen molar-refractivity contribution in [2.45, 2.75) is 50.0 Å². The first-order valence-corrected chi connectivity index (χ1v) is 8.45. The molecule has 2 heteroatoms. The van der Waals surface area contributed by atoms with Crippen molar-refractivity contribution in [2.75, 3.05) is 12.8 Å². The van der Waals surface area contributed by atoms with E-state index >= 15 is 0 Å². The summed E-state index contributed by atoms with van der Waals surface area (Å²) in [6.07, 6.45) is 9.17. The third-order valence-electron chi connectivity index (χ3n) is 4.02. The Kier molecular flexibility index (Phi) is 5.58. The molecule has 18 heavy (non-hydrogen) atoms. The predicted octanol–water partition coefficient (Wildman–Crippen LogP) is 4.64. The van der Waals surface area contributed by atoms with E-state index in [1.54, 1.807) is 0 Å². The number of thioether (sulfide) groups is 1. The molecular formula is C16H25NS. The molecule has 0 bridgehead atoms. The highest BCUT2D eigenvalue weighted by Gasteiger charge is 2.24. The Morgan fingerprint density at radius 1 is 1.17 bits per heavy atom. The predicted molar refractivity (Wildman–Crippen MR) is 81.2 cm³/mol. The van der Waals surface area contributed by atoms with Crippen molar-refractivity contribution >= 4 is 11.8 Å². The van der Waals surface area contributed by atoms with Gasteiger partial charge in [0.15, 0.2) is 0 Å². The van der Waals surface area contributed by atoms with Crippen molar-refractivity contribution in [3.63, 3.8) is 0 Å². The maximum absolute atomic E-state index is 3.70. The smallest absolute Gasteiger partial charge is 0.0348 e. The molecule has 0 saturated heterocycles. The van der Waals surface area contributed by atoms with E-state index in [-0.39, 0.29) is 0 Å². The molecule has 0 heterocycles. The molecule has 0 radical (unpaired) electrons. The van der Waals surface area contributed by atoms with E-state index < -0.39 is 0 Å². The van der Waals surface area contributed by atoms with Gasteiger partial charge in [0, 0.05) is 10.9 Å². The van der Waals surface area contributed by atoms with Crippen molar-refractivity contribution in [1.29, 1.82) is 0 Å². The summed E-state index contributed by atoms with van der Waals surface area (Å²) < 4.78 is 0. The SMILES string of the molecule is CCNC(c1ccc(SC)cc1)C1CCCCC1. The van der Waals surface area contributed by atoms with Gasteiger partial charge in [-0.1, -0.05) is 38.3 Å². The normalized spacial score (nSPS) is 18.8. The van der Waals surface area contributed by atoms with Gasteiger partial charge < -0.3 is 5.32 Å². The van der Waals surface area contributed by atoms with Crippen LogP contribution in [0.15, 0.2) is 29.2 Å². The van der Waals surface area contributed by atoms with Crippen molar-refractivity contribution < 1.29 is 0 Å². The first kappa shape index (κ1) is 14.0. The van der Waals surface area contributed by atoms with Crippen LogP contribution < -0.4 is 5.32 Å². The van der Waals surface area contributed by atoms with Crippen molar-refractivity contribution in [3.8, 4) is 0 Å². The van der Waals surface area contributed by atoms with Gasteiger partial charge in [-0.25, -0.2) is 0 Å². The second-order valence-electron chi connectivity index (χ2n) is 5.21. The molecule has 0 aromatic heterocycles. The molecule has 1 aromatic rings. The summed E-state index contributed by atoms with van der Waals surface area (Å²) in [5, 5.41) is 3.70. The first-order valence-electron chi connectivity index (χ1n) is 7.22. The van der Waals surface area contributed by atoms with Crippen LogP contribution in [0.3, 0.4) is 0 Å². The Bertz CT molecular complexity index is 341. The lowest BCUT2D eigenvalue weighted by Crippen LogP contribution is -2.29. The summed E-state index contributed by atoms with van der Waals surface area (Å²) >= 11 is 1.82. The van der Waals surface area contributed by atoms with Gasteiger partial charge >= 0.3 is 0 Å². The Labute approximate surface area is 116 Å². The molecule has 100 valence electrons.